The van der Waals surface area contributed by atoms with Crippen LogP contribution in [0.25, 0.3) is 10.8 Å². The molecule has 0 aliphatic carbocycles. The summed E-state index contributed by atoms with van der Waals surface area (Å²) in [5, 5.41) is 4.96. The second kappa shape index (κ2) is 7.11. The first kappa shape index (κ1) is 15.4. The molecule has 0 bridgehead atoms. The van der Waals surface area contributed by atoms with E-state index in [9.17, 15) is 4.79 Å². The van der Waals surface area contributed by atoms with Gasteiger partial charge in [0.1, 0.15) is 0 Å². The monoisotopic (exact) mass is 285 g/mol. The Morgan fingerprint density at radius 1 is 1.14 bits per heavy atom. The minimum atomic E-state index is -0.384. The Labute approximate surface area is 126 Å². The molecule has 2 aromatic rings. The van der Waals surface area contributed by atoms with Gasteiger partial charge >= 0.3 is 6.09 Å². The summed E-state index contributed by atoms with van der Waals surface area (Å²) in [6.45, 7) is 6.89. The molecule has 0 heterocycles. The van der Waals surface area contributed by atoms with Crippen LogP contribution in [0.1, 0.15) is 27.2 Å². The molecule has 112 valence electrons. The van der Waals surface area contributed by atoms with Crippen LogP contribution in [0.3, 0.4) is 0 Å². The number of carbonyl (C=O) groups excluding carboxylic acids is 1. The van der Waals surface area contributed by atoms with E-state index >= 15 is 0 Å². The SMILES string of the molecule is CC[C@@H](COC(=O)Nc1cccc2ccccc12)C(C)C. The molecule has 3 nitrogen and oxygen atoms in total. The van der Waals surface area contributed by atoms with E-state index in [2.05, 4.69) is 26.1 Å². The third kappa shape index (κ3) is 3.97. The zero-order valence-corrected chi connectivity index (χ0v) is 12.9. The van der Waals surface area contributed by atoms with Gasteiger partial charge in [0.25, 0.3) is 0 Å². The fourth-order valence-corrected chi connectivity index (χ4v) is 2.44. The van der Waals surface area contributed by atoms with Gasteiger partial charge in [-0.25, -0.2) is 4.79 Å². The molecule has 0 fully saturated rings. The zero-order valence-electron chi connectivity index (χ0n) is 12.9. The highest BCUT2D eigenvalue weighted by Gasteiger charge is 2.14. The van der Waals surface area contributed by atoms with Crippen LogP contribution >= 0.6 is 0 Å². The van der Waals surface area contributed by atoms with E-state index in [1.165, 1.54) is 0 Å². The highest BCUT2D eigenvalue weighted by atomic mass is 16.5. The van der Waals surface area contributed by atoms with Gasteiger partial charge in [0.15, 0.2) is 0 Å². The maximum atomic E-state index is 12.0. The molecular formula is C18H23NO2. The number of amides is 1. The predicted octanol–water partition coefficient (Wildman–Crippen LogP) is 5.07. The molecule has 2 rings (SSSR count). The third-order valence-corrected chi connectivity index (χ3v) is 3.92. The Morgan fingerprint density at radius 3 is 2.57 bits per heavy atom. The Balaban J connectivity index is 2.02. The van der Waals surface area contributed by atoms with Crippen LogP contribution in [0, 0.1) is 11.8 Å². The summed E-state index contributed by atoms with van der Waals surface area (Å²) in [6, 6.07) is 13.8. The van der Waals surface area contributed by atoms with Crippen molar-refractivity contribution >= 4 is 22.6 Å². The molecule has 1 atom stereocenters. The van der Waals surface area contributed by atoms with Crippen molar-refractivity contribution in [3.8, 4) is 0 Å². The van der Waals surface area contributed by atoms with Crippen LogP contribution in [0.4, 0.5) is 10.5 Å². The van der Waals surface area contributed by atoms with E-state index in [1.54, 1.807) is 0 Å². The lowest BCUT2D eigenvalue weighted by Crippen LogP contribution is -2.21. The molecular weight excluding hydrogens is 262 g/mol. The van der Waals surface area contributed by atoms with E-state index in [0.29, 0.717) is 18.4 Å². The predicted molar refractivity (Wildman–Crippen MR) is 87.5 cm³/mol. The first-order valence-corrected chi connectivity index (χ1v) is 7.53. The molecule has 1 N–H and O–H groups in total. The minimum absolute atomic E-state index is 0.384. The molecule has 0 unspecified atom stereocenters. The molecule has 1 amide bonds. The summed E-state index contributed by atoms with van der Waals surface area (Å²) in [5.74, 6) is 0.920. The van der Waals surface area contributed by atoms with Crippen molar-refractivity contribution in [2.75, 3.05) is 11.9 Å². The number of carbonyl (C=O) groups is 1. The van der Waals surface area contributed by atoms with Gasteiger partial charge in [0, 0.05) is 5.39 Å². The van der Waals surface area contributed by atoms with Crippen LogP contribution in [-0.2, 0) is 4.74 Å². The molecule has 0 saturated heterocycles. The zero-order chi connectivity index (χ0) is 15.2. The maximum Gasteiger partial charge on any atom is 0.411 e. The van der Waals surface area contributed by atoms with E-state index in [1.807, 2.05) is 42.5 Å². The molecule has 0 spiro atoms. The van der Waals surface area contributed by atoms with E-state index < -0.39 is 0 Å². The van der Waals surface area contributed by atoms with Crippen LogP contribution in [-0.4, -0.2) is 12.7 Å². The number of rotatable bonds is 5. The van der Waals surface area contributed by atoms with Crippen LogP contribution in [0.2, 0.25) is 0 Å². The molecule has 0 saturated carbocycles. The summed E-state index contributed by atoms with van der Waals surface area (Å²) in [5.41, 5.74) is 0.788. The lowest BCUT2D eigenvalue weighted by atomic mass is 9.94. The van der Waals surface area contributed by atoms with Gasteiger partial charge in [-0.2, -0.15) is 0 Å². The van der Waals surface area contributed by atoms with Crippen molar-refractivity contribution < 1.29 is 9.53 Å². The van der Waals surface area contributed by atoms with Crippen LogP contribution < -0.4 is 5.32 Å². The van der Waals surface area contributed by atoms with Crippen molar-refractivity contribution in [2.24, 2.45) is 11.8 Å². The Kier molecular flexibility index (Phi) is 5.20. The van der Waals surface area contributed by atoms with Gasteiger partial charge in [-0.3, -0.25) is 5.32 Å². The lowest BCUT2D eigenvalue weighted by Gasteiger charge is -2.19. The highest BCUT2D eigenvalue weighted by Crippen LogP contribution is 2.23. The number of benzene rings is 2. The molecule has 2 aromatic carbocycles. The van der Waals surface area contributed by atoms with E-state index in [-0.39, 0.29) is 6.09 Å². The smallest absolute Gasteiger partial charge is 0.411 e. The number of hydrogen-bond donors (Lipinski definition) is 1. The average Bonchev–Trinajstić information content (AvgIpc) is 2.48. The number of hydrogen-bond acceptors (Lipinski definition) is 2. The van der Waals surface area contributed by atoms with Crippen molar-refractivity contribution in [3.63, 3.8) is 0 Å². The number of ether oxygens (including phenoxy) is 1. The van der Waals surface area contributed by atoms with Crippen LogP contribution in [0.5, 0.6) is 0 Å². The standard InChI is InChI=1S/C18H23NO2/c1-4-14(13(2)3)12-21-18(20)19-17-11-7-9-15-8-5-6-10-16(15)17/h5-11,13-14H,4,12H2,1-3H3,(H,19,20)/t14-/m0/s1. The second-order valence-corrected chi connectivity index (χ2v) is 5.66. The van der Waals surface area contributed by atoms with Crippen molar-refractivity contribution in [2.45, 2.75) is 27.2 Å². The Morgan fingerprint density at radius 2 is 1.86 bits per heavy atom. The van der Waals surface area contributed by atoms with Gasteiger partial charge in [0.05, 0.1) is 12.3 Å². The van der Waals surface area contributed by atoms with Crippen molar-refractivity contribution in [1.82, 2.24) is 0 Å². The number of fused-ring (bicyclic) bond motifs is 1. The number of anilines is 1. The molecule has 0 aromatic heterocycles. The van der Waals surface area contributed by atoms with Gasteiger partial charge in [-0.1, -0.05) is 57.2 Å². The van der Waals surface area contributed by atoms with E-state index in [4.69, 9.17) is 4.74 Å². The lowest BCUT2D eigenvalue weighted by molar-refractivity contribution is 0.126. The third-order valence-electron chi connectivity index (χ3n) is 3.92. The molecule has 21 heavy (non-hydrogen) atoms. The maximum absolute atomic E-state index is 12.0. The fraction of sp³-hybridized carbons (Fsp3) is 0.389. The second-order valence-electron chi connectivity index (χ2n) is 5.66. The first-order chi connectivity index (χ1) is 10.1. The average molecular weight is 285 g/mol. The summed E-state index contributed by atoms with van der Waals surface area (Å²) < 4.78 is 5.36. The quantitative estimate of drug-likeness (QED) is 0.832. The van der Waals surface area contributed by atoms with Gasteiger partial charge in [0.2, 0.25) is 0 Å². The minimum Gasteiger partial charge on any atom is -0.449 e. The molecule has 0 aliphatic rings. The summed E-state index contributed by atoms with van der Waals surface area (Å²) in [7, 11) is 0. The van der Waals surface area contributed by atoms with Gasteiger partial charge < -0.3 is 4.74 Å². The summed E-state index contributed by atoms with van der Waals surface area (Å²) in [4.78, 5) is 12.0. The van der Waals surface area contributed by atoms with E-state index in [0.717, 1.165) is 22.9 Å². The molecule has 0 aliphatic heterocycles. The van der Waals surface area contributed by atoms with Crippen molar-refractivity contribution in [1.29, 1.82) is 0 Å². The molecule has 0 radical (unpaired) electrons. The highest BCUT2D eigenvalue weighted by molar-refractivity contribution is 6.00. The van der Waals surface area contributed by atoms with Gasteiger partial charge in [-0.15, -0.1) is 0 Å². The topological polar surface area (TPSA) is 38.3 Å². The Hall–Kier alpha value is -2.03. The van der Waals surface area contributed by atoms with Gasteiger partial charge in [-0.05, 0) is 29.7 Å². The molecule has 3 heteroatoms. The number of nitrogens with one attached hydrogen (secondary N) is 1. The largest absolute Gasteiger partial charge is 0.449 e. The van der Waals surface area contributed by atoms with Crippen LogP contribution in [0.15, 0.2) is 42.5 Å². The van der Waals surface area contributed by atoms with Crippen molar-refractivity contribution in [3.05, 3.63) is 42.5 Å². The Bertz CT molecular complexity index is 602. The normalized spacial score (nSPS) is 12.4. The fourth-order valence-electron chi connectivity index (χ4n) is 2.44. The summed E-state index contributed by atoms with van der Waals surface area (Å²) >= 11 is 0. The summed E-state index contributed by atoms with van der Waals surface area (Å²) in [6.07, 6.45) is 0.629. The first-order valence-electron chi connectivity index (χ1n) is 7.53.